The van der Waals surface area contributed by atoms with Gasteiger partial charge in [0.05, 0.1) is 13.2 Å². The maximum absolute atomic E-state index is 10.6. The van der Waals surface area contributed by atoms with Gasteiger partial charge >= 0.3 is 5.97 Å². The van der Waals surface area contributed by atoms with E-state index in [2.05, 4.69) is 15.9 Å². The molecule has 1 unspecified atom stereocenters. The highest BCUT2D eigenvalue weighted by Gasteiger charge is 2.34. The number of carbonyl (C=O) groups excluding carboxylic acids is 1. The summed E-state index contributed by atoms with van der Waals surface area (Å²) in [5.74, 6) is -1.21. The predicted octanol–water partition coefficient (Wildman–Crippen LogP) is 0.457. The Bertz CT molecular complexity index is 196. The second kappa shape index (κ2) is 6.92. The Morgan fingerprint density at radius 2 is 2.14 bits per heavy atom. The summed E-state index contributed by atoms with van der Waals surface area (Å²) in [7, 11) is 1.54. The normalized spacial score (nSPS) is 14.7. The zero-order valence-electron chi connectivity index (χ0n) is 7.86. The van der Waals surface area contributed by atoms with Crippen LogP contribution in [0, 0.1) is 0 Å². The Balaban J connectivity index is 3.74. The third kappa shape index (κ3) is 4.69. The van der Waals surface area contributed by atoms with Gasteiger partial charge in [-0.1, -0.05) is 15.9 Å². The second-order valence-electron chi connectivity index (χ2n) is 2.64. The van der Waals surface area contributed by atoms with E-state index < -0.39 is 10.3 Å². The molecule has 14 heavy (non-hydrogen) atoms. The van der Waals surface area contributed by atoms with Crippen molar-refractivity contribution in [3.8, 4) is 0 Å². The largest absolute Gasteiger partial charge is 0.480 e. The van der Waals surface area contributed by atoms with Gasteiger partial charge in [0.2, 0.25) is 0 Å². The molecule has 5 nitrogen and oxygen atoms in total. The third-order valence-corrected chi connectivity index (χ3v) is 2.51. The molecule has 6 heteroatoms. The standard InChI is InChI=1S/C8H13BrO5/c1-13-4-5-14-3-2-8(9,6-10)7(11)12/h6H,2-5H2,1H3,(H,11,12). The van der Waals surface area contributed by atoms with Crippen LogP contribution >= 0.6 is 15.9 Å². The van der Waals surface area contributed by atoms with Gasteiger partial charge in [0.25, 0.3) is 0 Å². The molecule has 0 heterocycles. The van der Waals surface area contributed by atoms with Crippen LogP contribution in [0.5, 0.6) is 0 Å². The van der Waals surface area contributed by atoms with Gasteiger partial charge in [0.1, 0.15) is 6.29 Å². The van der Waals surface area contributed by atoms with Crippen LogP contribution in [0.1, 0.15) is 6.42 Å². The minimum Gasteiger partial charge on any atom is -0.480 e. The first kappa shape index (κ1) is 13.5. The Labute approximate surface area is 90.5 Å². The van der Waals surface area contributed by atoms with Crippen LogP contribution in [0.3, 0.4) is 0 Å². The molecule has 0 fully saturated rings. The molecule has 0 aromatic rings. The van der Waals surface area contributed by atoms with Gasteiger partial charge < -0.3 is 19.4 Å². The summed E-state index contributed by atoms with van der Waals surface area (Å²) < 4.78 is 8.24. The first-order chi connectivity index (χ1) is 6.56. The van der Waals surface area contributed by atoms with Gasteiger partial charge in [-0.3, -0.25) is 4.79 Å². The van der Waals surface area contributed by atoms with Crippen LogP contribution in [0.15, 0.2) is 0 Å². The lowest BCUT2D eigenvalue weighted by molar-refractivity contribution is -0.141. The number of ether oxygens (including phenoxy) is 2. The highest BCUT2D eigenvalue weighted by atomic mass is 79.9. The number of rotatable bonds is 8. The van der Waals surface area contributed by atoms with Crippen molar-refractivity contribution in [3.63, 3.8) is 0 Å². The number of hydrogen-bond donors (Lipinski definition) is 1. The van der Waals surface area contributed by atoms with E-state index in [-0.39, 0.29) is 13.0 Å². The summed E-state index contributed by atoms with van der Waals surface area (Å²) in [4.78, 5) is 21.1. The van der Waals surface area contributed by atoms with Gasteiger partial charge in [-0.15, -0.1) is 0 Å². The molecular weight excluding hydrogens is 256 g/mol. The summed E-state index contributed by atoms with van der Waals surface area (Å²) in [5, 5.41) is 8.68. The number of carboxylic acid groups (broad SMARTS) is 1. The Hall–Kier alpha value is -0.460. The van der Waals surface area contributed by atoms with E-state index in [1.807, 2.05) is 0 Å². The number of methoxy groups -OCH3 is 1. The van der Waals surface area contributed by atoms with E-state index in [4.69, 9.17) is 14.6 Å². The molecule has 0 spiro atoms. The van der Waals surface area contributed by atoms with E-state index in [9.17, 15) is 9.59 Å². The summed E-state index contributed by atoms with van der Waals surface area (Å²) in [6, 6.07) is 0. The van der Waals surface area contributed by atoms with Crippen molar-refractivity contribution in [2.75, 3.05) is 26.9 Å². The molecule has 0 aliphatic rings. The number of aldehydes is 1. The van der Waals surface area contributed by atoms with E-state index in [1.165, 1.54) is 0 Å². The highest BCUT2D eigenvalue weighted by molar-refractivity contribution is 9.10. The van der Waals surface area contributed by atoms with E-state index in [1.54, 1.807) is 7.11 Å². The van der Waals surface area contributed by atoms with Crippen molar-refractivity contribution < 1.29 is 24.2 Å². The molecule has 0 saturated carbocycles. The topological polar surface area (TPSA) is 72.8 Å². The second-order valence-corrected chi connectivity index (χ2v) is 4.06. The molecule has 0 amide bonds. The van der Waals surface area contributed by atoms with Crippen LogP contribution in [0.4, 0.5) is 0 Å². The smallest absolute Gasteiger partial charge is 0.327 e. The Morgan fingerprint density at radius 1 is 1.50 bits per heavy atom. The van der Waals surface area contributed by atoms with Crippen molar-refractivity contribution >= 4 is 28.2 Å². The molecule has 1 atom stereocenters. The maximum atomic E-state index is 10.6. The maximum Gasteiger partial charge on any atom is 0.327 e. The lowest BCUT2D eigenvalue weighted by Crippen LogP contribution is -2.34. The summed E-state index contributed by atoms with van der Waals surface area (Å²) >= 11 is 2.84. The minimum atomic E-state index is -1.53. The molecule has 82 valence electrons. The van der Waals surface area contributed by atoms with E-state index in [0.717, 1.165) is 0 Å². The molecule has 0 aromatic carbocycles. The zero-order chi connectivity index (χ0) is 11.0. The number of aliphatic carboxylic acids is 1. The van der Waals surface area contributed by atoms with Gasteiger partial charge in [-0.25, -0.2) is 0 Å². The van der Waals surface area contributed by atoms with Crippen molar-refractivity contribution in [3.05, 3.63) is 0 Å². The van der Waals surface area contributed by atoms with Gasteiger partial charge in [-0.2, -0.15) is 0 Å². The molecule has 1 N–H and O–H groups in total. The Kier molecular flexibility index (Phi) is 6.69. The number of hydrogen-bond acceptors (Lipinski definition) is 4. The van der Waals surface area contributed by atoms with Crippen molar-refractivity contribution in [1.29, 1.82) is 0 Å². The first-order valence-corrected chi connectivity index (χ1v) is 4.81. The molecule has 0 radical (unpaired) electrons. The van der Waals surface area contributed by atoms with Crippen LogP contribution in [0.25, 0.3) is 0 Å². The highest BCUT2D eigenvalue weighted by Crippen LogP contribution is 2.20. The fourth-order valence-electron chi connectivity index (χ4n) is 0.681. The first-order valence-electron chi connectivity index (χ1n) is 4.02. The van der Waals surface area contributed by atoms with Crippen LogP contribution in [0.2, 0.25) is 0 Å². The van der Waals surface area contributed by atoms with Gasteiger partial charge in [0.15, 0.2) is 4.32 Å². The quantitative estimate of drug-likeness (QED) is 0.300. The van der Waals surface area contributed by atoms with E-state index in [0.29, 0.717) is 19.5 Å². The molecule has 0 aliphatic heterocycles. The number of carbonyl (C=O) groups is 2. The summed E-state index contributed by atoms with van der Waals surface area (Å²) in [5.41, 5.74) is 0. The predicted molar refractivity (Wildman–Crippen MR) is 52.7 cm³/mol. The monoisotopic (exact) mass is 268 g/mol. The van der Waals surface area contributed by atoms with Crippen LogP contribution in [-0.4, -0.2) is 48.6 Å². The molecular formula is C8H13BrO5. The Morgan fingerprint density at radius 3 is 2.57 bits per heavy atom. The molecule has 0 aromatic heterocycles. The molecule has 0 saturated heterocycles. The van der Waals surface area contributed by atoms with E-state index >= 15 is 0 Å². The number of alkyl halides is 1. The van der Waals surface area contributed by atoms with Crippen molar-refractivity contribution in [2.24, 2.45) is 0 Å². The SMILES string of the molecule is COCCOCCC(Br)(C=O)C(=O)O. The molecule has 0 aliphatic carbocycles. The number of carboxylic acids is 1. The summed E-state index contributed by atoms with van der Waals surface area (Å²) in [6.07, 6.45) is 0.449. The van der Waals surface area contributed by atoms with Crippen LogP contribution in [-0.2, 0) is 19.1 Å². The average Bonchev–Trinajstić information content (AvgIpc) is 2.17. The molecule has 0 rings (SSSR count). The lowest BCUT2D eigenvalue weighted by atomic mass is 10.1. The van der Waals surface area contributed by atoms with Gasteiger partial charge in [0, 0.05) is 20.1 Å². The van der Waals surface area contributed by atoms with Gasteiger partial charge in [-0.05, 0) is 0 Å². The van der Waals surface area contributed by atoms with Crippen molar-refractivity contribution in [2.45, 2.75) is 10.7 Å². The summed E-state index contributed by atoms with van der Waals surface area (Å²) in [6.45, 7) is 1.03. The lowest BCUT2D eigenvalue weighted by Gasteiger charge is -2.14. The molecule has 0 bridgehead atoms. The fraction of sp³-hybridized carbons (Fsp3) is 0.750. The van der Waals surface area contributed by atoms with Crippen LogP contribution < -0.4 is 0 Å². The average molecular weight is 269 g/mol. The third-order valence-electron chi connectivity index (χ3n) is 1.58. The fourth-order valence-corrected chi connectivity index (χ4v) is 0.843. The number of halogens is 1. The zero-order valence-corrected chi connectivity index (χ0v) is 9.45. The minimum absolute atomic E-state index is 0.0928. The van der Waals surface area contributed by atoms with Crippen molar-refractivity contribution in [1.82, 2.24) is 0 Å².